The summed E-state index contributed by atoms with van der Waals surface area (Å²) in [5.41, 5.74) is 1.65. The van der Waals surface area contributed by atoms with Crippen molar-refractivity contribution in [2.45, 2.75) is 19.4 Å². The minimum absolute atomic E-state index is 0.0423. The minimum atomic E-state index is -0.449. The average molecular weight is 331 g/mol. The van der Waals surface area contributed by atoms with Crippen LogP contribution in [0.1, 0.15) is 18.4 Å². The second kappa shape index (κ2) is 8.61. The predicted molar refractivity (Wildman–Crippen MR) is 89.1 cm³/mol. The van der Waals surface area contributed by atoms with Gasteiger partial charge in [0, 0.05) is 37.3 Å². The van der Waals surface area contributed by atoms with Crippen LogP contribution in [0.2, 0.25) is 0 Å². The highest BCUT2D eigenvalue weighted by Gasteiger charge is 2.04. The topological polar surface area (TPSA) is 84.3 Å². The Morgan fingerprint density at radius 2 is 1.75 bits per heavy atom. The number of nitrogens with one attached hydrogen (secondary N) is 2. The summed E-state index contributed by atoms with van der Waals surface area (Å²) in [7, 11) is 0. The van der Waals surface area contributed by atoms with E-state index in [1.165, 1.54) is 24.3 Å². The van der Waals surface area contributed by atoms with Crippen molar-refractivity contribution in [1.29, 1.82) is 0 Å². The molecule has 6 nitrogen and oxygen atoms in total. The molecule has 0 radical (unpaired) electrons. The van der Waals surface area contributed by atoms with E-state index in [9.17, 15) is 19.3 Å². The first-order valence-corrected chi connectivity index (χ1v) is 7.54. The Morgan fingerprint density at radius 3 is 2.38 bits per heavy atom. The van der Waals surface area contributed by atoms with Crippen LogP contribution in [0, 0.1) is 15.9 Å². The second-order valence-corrected chi connectivity index (χ2v) is 5.24. The van der Waals surface area contributed by atoms with E-state index in [0.717, 1.165) is 11.3 Å². The molecule has 0 spiro atoms. The molecular formula is C17H18FN3O3. The maximum absolute atomic E-state index is 12.8. The fourth-order valence-electron chi connectivity index (χ4n) is 2.07. The van der Waals surface area contributed by atoms with E-state index < -0.39 is 4.92 Å². The van der Waals surface area contributed by atoms with Gasteiger partial charge in [0.25, 0.3) is 5.69 Å². The molecule has 2 aromatic carbocycles. The Kier molecular flexibility index (Phi) is 6.24. The lowest BCUT2D eigenvalue weighted by molar-refractivity contribution is -0.384. The summed E-state index contributed by atoms with van der Waals surface area (Å²) in [6, 6.07) is 12.1. The Labute approximate surface area is 138 Å². The van der Waals surface area contributed by atoms with Gasteiger partial charge in [-0.25, -0.2) is 4.39 Å². The van der Waals surface area contributed by atoms with E-state index in [4.69, 9.17) is 0 Å². The molecule has 2 aromatic rings. The van der Waals surface area contributed by atoms with E-state index in [1.54, 1.807) is 24.3 Å². The number of hydrogen-bond acceptors (Lipinski definition) is 4. The Bertz CT molecular complexity index is 687. The second-order valence-electron chi connectivity index (χ2n) is 5.24. The SMILES string of the molecule is O=C(CCCNc1ccc([N+](=O)[O-])cc1)NCc1ccc(F)cc1. The largest absolute Gasteiger partial charge is 0.385 e. The van der Waals surface area contributed by atoms with Gasteiger partial charge in [0.1, 0.15) is 5.82 Å². The summed E-state index contributed by atoms with van der Waals surface area (Å²) >= 11 is 0. The quantitative estimate of drug-likeness (QED) is 0.442. The zero-order chi connectivity index (χ0) is 17.4. The molecule has 0 atom stereocenters. The molecule has 24 heavy (non-hydrogen) atoms. The molecule has 0 fully saturated rings. The van der Waals surface area contributed by atoms with Gasteiger partial charge >= 0.3 is 0 Å². The molecule has 0 aliphatic rings. The van der Waals surface area contributed by atoms with Crippen LogP contribution in [0.5, 0.6) is 0 Å². The predicted octanol–water partition coefficient (Wildman–Crippen LogP) is 3.24. The lowest BCUT2D eigenvalue weighted by Gasteiger charge is -2.07. The molecule has 0 heterocycles. The first-order valence-electron chi connectivity index (χ1n) is 7.54. The zero-order valence-electron chi connectivity index (χ0n) is 13.0. The van der Waals surface area contributed by atoms with Crippen molar-refractivity contribution in [3.8, 4) is 0 Å². The number of nitrogens with zero attached hydrogens (tertiary/aromatic N) is 1. The van der Waals surface area contributed by atoms with Crippen molar-refractivity contribution in [2.24, 2.45) is 0 Å². The number of nitro benzene ring substituents is 1. The molecule has 7 heteroatoms. The monoisotopic (exact) mass is 331 g/mol. The number of benzene rings is 2. The lowest BCUT2D eigenvalue weighted by atomic mass is 10.2. The number of rotatable bonds is 8. The summed E-state index contributed by atoms with van der Waals surface area (Å²) in [4.78, 5) is 21.8. The molecule has 0 unspecified atom stereocenters. The van der Waals surface area contributed by atoms with Gasteiger partial charge in [0.2, 0.25) is 5.91 Å². The molecule has 0 bridgehead atoms. The summed E-state index contributed by atoms with van der Waals surface area (Å²) in [5, 5.41) is 16.4. The van der Waals surface area contributed by atoms with Crippen molar-refractivity contribution in [3.05, 3.63) is 70.0 Å². The third kappa shape index (κ3) is 5.68. The minimum Gasteiger partial charge on any atom is -0.385 e. The van der Waals surface area contributed by atoms with E-state index in [0.29, 0.717) is 25.9 Å². The summed E-state index contributed by atoms with van der Waals surface area (Å²) in [6.07, 6.45) is 0.993. The third-order valence-electron chi connectivity index (χ3n) is 3.39. The molecular weight excluding hydrogens is 313 g/mol. The number of hydrogen-bond donors (Lipinski definition) is 2. The number of non-ortho nitro benzene ring substituents is 1. The van der Waals surface area contributed by atoms with Gasteiger partial charge in [0.05, 0.1) is 4.92 Å². The summed E-state index contributed by atoms with van der Waals surface area (Å²) < 4.78 is 12.8. The van der Waals surface area contributed by atoms with Gasteiger partial charge in [-0.15, -0.1) is 0 Å². The highest BCUT2D eigenvalue weighted by molar-refractivity contribution is 5.75. The molecule has 0 aliphatic carbocycles. The van der Waals surface area contributed by atoms with Gasteiger partial charge in [-0.1, -0.05) is 12.1 Å². The van der Waals surface area contributed by atoms with Crippen LogP contribution in [0.4, 0.5) is 15.8 Å². The van der Waals surface area contributed by atoms with Crippen LogP contribution in [0.25, 0.3) is 0 Å². The maximum atomic E-state index is 12.8. The van der Waals surface area contributed by atoms with E-state index >= 15 is 0 Å². The normalized spacial score (nSPS) is 10.2. The molecule has 0 saturated carbocycles. The smallest absolute Gasteiger partial charge is 0.269 e. The lowest BCUT2D eigenvalue weighted by Crippen LogP contribution is -2.23. The Morgan fingerprint density at radius 1 is 1.08 bits per heavy atom. The Balaban J connectivity index is 1.63. The first-order chi connectivity index (χ1) is 11.5. The van der Waals surface area contributed by atoms with Crippen molar-refractivity contribution in [1.82, 2.24) is 5.32 Å². The standard InChI is InChI=1S/C17H18FN3O3/c18-14-5-3-13(4-6-14)12-20-17(22)2-1-11-19-15-7-9-16(10-8-15)21(23)24/h3-10,19H,1-2,11-12H2,(H,20,22). The van der Waals surface area contributed by atoms with Crippen LogP contribution in [0.15, 0.2) is 48.5 Å². The van der Waals surface area contributed by atoms with Crippen LogP contribution in [-0.2, 0) is 11.3 Å². The molecule has 2 rings (SSSR count). The van der Waals surface area contributed by atoms with Crippen LogP contribution >= 0.6 is 0 Å². The number of carbonyl (C=O) groups is 1. The molecule has 0 saturated heterocycles. The number of nitro groups is 1. The van der Waals surface area contributed by atoms with E-state index in [-0.39, 0.29) is 17.4 Å². The van der Waals surface area contributed by atoms with Crippen molar-refractivity contribution in [3.63, 3.8) is 0 Å². The average Bonchev–Trinajstić information content (AvgIpc) is 2.58. The van der Waals surface area contributed by atoms with Gasteiger partial charge in [0.15, 0.2) is 0 Å². The van der Waals surface area contributed by atoms with Crippen molar-refractivity contribution in [2.75, 3.05) is 11.9 Å². The Hall–Kier alpha value is -2.96. The van der Waals surface area contributed by atoms with Crippen LogP contribution in [0.3, 0.4) is 0 Å². The zero-order valence-corrected chi connectivity index (χ0v) is 13.0. The number of carbonyl (C=O) groups excluding carboxylic acids is 1. The van der Waals surface area contributed by atoms with Crippen molar-refractivity contribution < 1.29 is 14.1 Å². The number of anilines is 1. The maximum Gasteiger partial charge on any atom is 0.269 e. The van der Waals surface area contributed by atoms with Crippen LogP contribution < -0.4 is 10.6 Å². The fraction of sp³-hybridized carbons (Fsp3) is 0.235. The van der Waals surface area contributed by atoms with Gasteiger partial charge in [-0.05, 0) is 36.2 Å². The molecule has 0 aromatic heterocycles. The molecule has 1 amide bonds. The highest BCUT2D eigenvalue weighted by atomic mass is 19.1. The third-order valence-corrected chi connectivity index (χ3v) is 3.39. The van der Waals surface area contributed by atoms with E-state index in [2.05, 4.69) is 10.6 Å². The van der Waals surface area contributed by atoms with Gasteiger partial charge < -0.3 is 10.6 Å². The van der Waals surface area contributed by atoms with Gasteiger partial charge in [-0.3, -0.25) is 14.9 Å². The molecule has 126 valence electrons. The first kappa shape index (κ1) is 17.4. The molecule has 0 aliphatic heterocycles. The number of amides is 1. The van der Waals surface area contributed by atoms with Gasteiger partial charge in [-0.2, -0.15) is 0 Å². The van der Waals surface area contributed by atoms with Crippen LogP contribution in [-0.4, -0.2) is 17.4 Å². The summed E-state index contributed by atoms with van der Waals surface area (Å²) in [5.74, 6) is -0.382. The highest BCUT2D eigenvalue weighted by Crippen LogP contribution is 2.15. The summed E-state index contributed by atoms with van der Waals surface area (Å²) in [6.45, 7) is 0.955. The van der Waals surface area contributed by atoms with E-state index in [1.807, 2.05) is 0 Å². The van der Waals surface area contributed by atoms with Crippen molar-refractivity contribution >= 4 is 17.3 Å². The molecule has 2 N–H and O–H groups in total. The fourth-order valence-corrected chi connectivity index (χ4v) is 2.07. The number of halogens is 1.